The fraction of sp³-hybridized carbons (Fsp3) is 0.692. The fourth-order valence-electron chi connectivity index (χ4n) is 4.46. The average molecular weight is 586 g/mol. The van der Waals surface area contributed by atoms with Gasteiger partial charge in [0.1, 0.15) is 30.4 Å². The summed E-state index contributed by atoms with van der Waals surface area (Å²) in [5.41, 5.74) is 1.26. The Hall–Kier alpha value is -2.76. The molecule has 0 saturated carbocycles. The minimum Gasteiger partial charge on any atom is -0.480 e. The van der Waals surface area contributed by atoms with E-state index in [-0.39, 0.29) is 19.4 Å². The Labute approximate surface area is 238 Å². The molecule has 232 valence electrons. The number of carboxylic acids is 2. The third-order valence-electron chi connectivity index (χ3n) is 7.24. The lowest BCUT2D eigenvalue weighted by molar-refractivity contribution is -0.144. The molecule has 41 heavy (non-hydrogen) atoms. The highest BCUT2D eigenvalue weighted by Crippen LogP contribution is 2.16. The number of nitrogens with one attached hydrogen (secondary N) is 1. The molecule has 2 heterocycles. The SMILES string of the molecule is CC(C(=O)O)N1CCN(C)CCN(C(CCC(=O)NCC(O)C(O)C(O)C(O)CO)C(=O)O)Cc2cccc(n2)C1. The second kappa shape index (κ2) is 16.6. The number of carboxylic acid groups (broad SMARTS) is 2. The van der Waals surface area contributed by atoms with Gasteiger partial charge in [-0.1, -0.05) is 6.07 Å². The van der Waals surface area contributed by atoms with Crippen LogP contribution in [0.3, 0.4) is 0 Å². The van der Waals surface area contributed by atoms with Crippen LogP contribution in [0, 0.1) is 0 Å². The van der Waals surface area contributed by atoms with E-state index in [9.17, 15) is 45.0 Å². The van der Waals surface area contributed by atoms with Crippen LogP contribution >= 0.6 is 0 Å². The number of pyridine rings is 1. The van der Waals surface area contributed by atoms with Crippen molar-refractivity contribution >= 4 is 17.8 Å². The van der Waals surface area contributed by atoms with Crippen molar-refractivity contribution in [3.8, 4) is 0 Å². The van der Waals surface area contributed by atoms with Crippen LogP contribution < -0.4 is 5.32 Å². The summed E-state index contributed by atoms with van der Waals surface area (Å²) >= 11 is 0. The molecular formula is C26H43N5O10. The Balaban J connectivity index is 2.09. The Bertz CT molecular complexity index is 1000. The smallest absolute Gasteiger partial charge is 0.320 e. The van der Waals surface area contributed by atoms with E-state index in [1.807, 2.05) is 16.8 Å². The predicted molar refractivity (Wildman–Crippen MR) is 144 cm³/mol. The van der Waals surface area contributed by atoms with Gasteiger partial charge in [0.25, 0.3) is 0 Å². The van der Waals surface area contributed by atoms with E-state index in [0.717, 1.165) is 0 Å². The summed E-state index contributed by atoms with van der Waals surface area (Å²) in [6.07, 6.45) is -7.23. The van der Waals surface area contributed by atoms with Gasteiger partial charge in [0, 0.05) is 52.2 Å². The van der Waals surface area contributed by atoms with Crippen LogP contribution in [0.5, 0.6) is 0 Å². The first-order valence-corrected chi connectivity index (χ1v) is 13.5. The largest absolute Gasteiger partial charge is 0.480 e. The molecule has 0 aromatic carbocycles. The minimum absolute atomic E-state index is 0.0566. The first kappa shape index (κ1) is 34.4. The molecule has 0 spiro atoms. The van der Waals surface area contributed by atoms with Crippen LogP contribution in [0.25, 0.3) is 0 Å². The molecule has 8 N–H and O–H groups in total. The van der Waals surface area contributed by atoms with Crippen LogP contribution in [0.15, 0.2) is 18.2 Å². The second-order valence-corrected chi connectivity index (χ2v) is 10.4. The third kappa shape index (κ3) is 10.9. The summed E-state index contributed by atoms with van der Waals surface area (Å²) in [6.45, 7) is 2.67. The Morgan fingerprint density at radius 1 is 0.902 bits per heavy atom. The van der Waals surface area contributed by atoms with Gasteiger partial charge in [-0.15, -0.1) is 0 Å². The molecule has 1 aliphatic rings. The van der Waals surface area contributed by atoms with Crippen molar-refractivity contribution < 1.29 is 50.1 Å². The summed E-state index contributed by atoms with van der Waals surface area (Å²) in [7, 11) is 1.87. The van der Waals surface area contributed by atoms with Gasteiger partial charge in [0.05, 0.1) is 24.1 Å². The molecule has 6 unspecified atom stereocenters. The van der Waals surface area contributed by atoms with Crippen molar-refractivity contribution in [1.82, 2.24) is 25.0 Å². The van der Waals surface area contributed by atoms with Gasteiger partial charge >= 0.3 is 11.9 Å². The zero-order valence-corrected chi connectivity index (χ0v) is 23.4. The molecule has 1 amide bonds. The second-order valence-electron chi connectivity index (χ2n) is 10.4. The monoisotopic (exact) mass is 585 g/mol. The number of likely N-dealkylation sites (N-methyl/N-ethyl adjacent to an activating group) is 1. The van der Waals surface area contributed by atoms with Gasteiger partial charge in [0.15, 0.2) is 0 Å². The minimum atomic E-state index is -1.83. The molecule has 15 nitrogen and oxygen atoms in total. The number of aliphatic hydroxyl groups is 5. The van der Waals surface area contributed by atoms with Crippen molar-refractivity contribution in [3.63, 3.8) is 0 Å². The number of nitrogens with zero attached hydrogens (tertiary/aromatic N) is 4. The van der Waals surface area contributed by atoms with Crippen LogP contribution in [-0.4, -0.2) is 156 Å². The average Bonchev–Trinajstić information content (AvgIpc) is 2.94. The Morgan fingerprint density at radius 3 is 2.02 bits per heavy atom. The highest BCUT2D eigenvalue weighted by Gasteiger charge is 2.31. The highest BCUT2D eigenvalue weighted by atomic mass is 16.4. The number of hydrogen-bond donors (Lipinski definition) is 8. The number of rotatable bonds is 13. The number of amides is 1. The molecule has 0 fully saturated rings. The fourth-order valence-corrected chi connectivity index (χ4v) is 4.46. The van der Waals surface area contributed by atoms with E-state index >= 15 is 0 Å². The molecule has 0 aliphatic carbocycles. The van der Waals surface area contributed by atoms with E-state index in [4.69, 9.17) is 5.11 Å². The van der Waals surface area contributed by atoms with Crippen molar-refractivity contribution in [1.29, 1.82) is 0 Å². The van der Waals surface area contributed by atoms with Gasteiger partial charge in [0.2, 0.25) is 5.91 Å². The third-order valence-corrected chi connectivity index (χ3v) is 7.24. The van der Waals surface area contributed by atoms with Gasteiger partial charge in [-0.05, 0) is 32.5 Å². The lowest BCUT2D eigenvalue weighted by atomic mass is 10.0. The van der Waals surface area contributed by atoms with Gasteiger partial charge < -0.3 is 46.0 Å². The molecular weight excluding hydrogens is 542 g/mol. The Kier molecular flexibility index (Phi) is 14.0. The number of carbonyl (C=O) groups excluding carboxylic acids is 1. The summed E-state index contributed by atoms with van der Waals surface area (Å²) in [5.74, 6) is -2.64. The number of fused-ring (bicyclic) bond motifs is 2. The quantitative estimate of drug-likeness (QED) is 0.115. The zero-order valence-electron chi connectivity index (χ0n) is 23.4. The molecule has 1 aliphatic heterocycles. The lowest BCUT2D eigenvalue weighted by Crippen LogP contribution is -2.50. The first-order valence-electron chi connectivity index (χ1n) is 13.5. The predicted octanol–water partition coefficient (Wildman–Crippen LogP) is -3.11. The number of aliphatic carboxylic acids is 2. The normalized spacial score (nSPS) is 20.5. The topological polar surface area (TPSA) is 227 Å². The first-order chi connectivity index (χ1) is 19.3. The van der Waals surface area contributed by atoms with Crippen molar-refractivity contribution in [2.24, 2.45) is 0 Å². The van der Waals surface area contributed by atoms with Gasteiger partial charge in [-0.25, -0.2) is 0 Å². The standard InChI is InChI=1S/C26H43N5O10/c1-16(25(38)39)30-10-8-29(2)9-11-31(14-18-5-3-4-17(13-30)28-18)19(26(40)41)6-7-22(35)27-12-20(33)23(36)24(37)21(34)15-32/h3-5,16,19-21,23-24,32-34,36-37H,6-15H2,1-2H3,(H,27,35)(H,38,39)(H,40,41). The van der Waals surface area contributed by atoms with Crippen molar-refractivity contribution in [3.05, 3.63) is 29.6 Å². The van der Waals surface area contributed by atoms with E-state index in [2.05, 4.69) is 10.3 Å². The van der Waals surface area contributed by atoms with Crippen LogP contribution in [0.1, 0.15) is 31.2 Å². The number of aliphatic hydroxyl groups excluding tert-OH is 5. The molecule has 6 atom stereocenters. The van der Waals surface area contributed by atoms with Crippen LogP contribution in [0.2, 0.25) is 0 Å². The van der Waals surface area contributed by atoms with Gasteiger partial charge in [-0.3, -0.25) is 29.2 Å². The molecule has 0 radical (unpaired) electrons. The Morgan fingerprint density at radius 2 is 1.46 bits per heavy atom. The molecule has 2 rings (SSSR count). The molecule has 0 saturated heterocycles. The highest BCUT2D eigenvalue weighted by molar-refractivity contribution is 5.78. The van der Waals surface area contributed by atoms with Crippen molar-refractivity contribution in [2.45, 2.75) is 69.4 Å². The van der Waals surface area contributed by atoms with Crippen LogP contribution in [-0.2, 0) is 27.5 Å². The number of hydrogen-bond acceptors (Lipinski definition) is 12. The van der Waals surface area contributed by atoms with Crippen LogP contribution in [0.4, 0.5) is 0 Å². The summed E-state index contributed by atoms with van der Waals surface area (Å²) < 4.78 is 0. The maximum Gasteiger partial charge on any atom is 0.320 e. The molecule has 1 aromatic heterocycles. The van der Waals surface area contributed by atoms with E-state index in [0.29, 0.717) is 44.1 Å². The van der Waals surface area contributed by atoms with E-state index < -0.39 is 67.5 Å². The zero-order chi connectivity index (χ0) is 30.7. The van der Waals surface area contributed by atoms with Gasteiger partial charge in [-0.2, -0.15) is 0 Å². The summed E-state index contributed by atoms with van der Waals surface area (Å²) in [5, 5.41) is 69.8. The number of carbonyl (C=O) groups is 3. The molecule has 2 bridgehead atoms. The number of aromatic nitrogens is 1. The van der Waals surface area contributed by atoms with E-state index in [1.165, 1.54) is 0 Å². The maximum absolute atomic E-state index is 12.4. The van der Waals surface area contributed by atoms with Crippen molar-refractivity contribution in [2.75, 3.05) is 46.4 Å². The molecule has 15 heteroatoms. The maximum atomic E-state index is 12.4. The molecule has 1 aromatic rings. The lowest BCUT2D eigenvalue weighted by Gasteiger charge is -2.33. The summed E-state index contributed by atoms with van der Waals surface area (Å²) in [6, 6.07) is 3.59. The summed E-state index contributed by atoms with van der Waals surface area (Å²) in [4.78, 5) is 46.5. The van der Waals surface area contributed by atoms with E-state index in [1.54, 1.807) is 30.0 Å².